The topological polar surface area (TPSA) is 107 Å². The lowest BCUT2D eigenvalue weighted by molar-refractivity contribution is 0.0595. The van der Waals surface area contributed by atoms with Gasteiger partial charge in [0.15, 0.2) is 5.82 Å². The molecule has 3 aromatic rings. The van der Waals surface area contributed by atoms with Crippen molar-refractivity contribution in [1.29, 1.82) is 0 Å². The number of amides is 2. The quantitative estimate of drug-likeness (QED) is 0.432. The van der Waals surface area contributed by atoms with Crippen LogP contribution in [0.3, 0.4) is 0 Å². The maximum Gasteiger partial charge on any atom is 0.420 e. The first kappa shape index (κ1) is 25.9. The average molecular weight is 498 g/mol. The van der Waals surface area contributed by atoms with Crippen molar-refractivity contribution < 1.29 is 19.1 Å². The van der Waals surface area contributed by atoms with Crippen molar-refractivity contribution >= 4 is 41.0 Å². The Kier molecular flexibility index (Phi) is 7.60. The SMILES string of the molecule is CC(C)(C)OC(=O)Nc1cnccc1-c1cncc(N(C(=O)OC(C)(C)C)c2cccc(Cl)c2)n1. The number of ether oxygens (including phenoxy) is 2. The predicted octanol–water partition coefficient (Wildman–Crippen LogP) is 6.61. The maximum absolute atomic E-state index is 13.2. The normalized spacial score (nSPS) is 11.5. The number of nitrogens with zero attached hydrogens (tertiary/aromatic N) is 4. The highest BCUT2D eigenvalue weighted by Gasteiger charge is 2.27. The van der Waals surface area contributed by atoms with E-state index >= 15 is 0 Å². The lowest BCUT2D eigenvalue weighted by atomic mass is 10.1. The highest BCUT2D eigenvalue weighted by atomic mass is 35.5. The van der Waals surface area contributed by atoms with Gasteiger partial charge in [0.25, 0.3) is 0 Å². The molecule has 2 aromatic heterocycles. The summed E-state index contributed by atoms with van der Waals surface area (Å²) in [7, 11) is 0. The van der Waals surface area contributed by atoms with Crippen LogP contribution >= 0.6 is 11.6 Å². The molecule has 35 heavy (non-hydrogen) atoms. The van der Waals surface area contributed by atoms with Gasteiger partial charge in [-0.05, 0) is 65.8 Å². The zero-order valence-electron chi connectivity index (χ0n) is 20.5. The summed E-state index contributed by atoms with van der Waals surface area (Å²) in [6.07, 6.45) is 4.72. The minimum Gasteiger partial charge on any atom is -0.444 e. The first-order chi connectivity index (χ1) is 16.3. The van der Waals surface area contributed by atoms with Crippen LogP contribution in [0.4, 0.5) is 26.8 Å². The van der Waals surface area contributed by atoms with Crippen LogP contribution in [0, 0.1) is 0 Å². The standard InChI is InChI=1S/C25H28ClN5O4/c1-24(2,3)34-22(32)30-20-13-27-11-10-18(20)19-14-28-15-21(29-19)31(23(33)35-25(4,5)6)17-9-7-8-16(26)12-17/h7-15H,1-6H3,(H,30,32). The average Bonchev–Trinajstić information content (AvgIpc) is 2.72. The molecule has 10 heteroatoms. The number of benzene rings is 1. The minimum absolute atomic E-state index is 0.207. The summed E-state index contributed by atoms with van der Waals surface area (Å²) < 4.78 is 11.0. The molecule has 0 spiro atoms. The number of rotatable bonds is 4. The van der Waals surface area contributed by atoms with Gasteiger partial charge in [-0.15, -0.1) is 0 Å². The number of pyridine rings is 1. The molecule has 0 aliphatic heterocycles. The van der Waals surface area contributed by atoms with E-state index in [1.54, 1.807) is 78.1 Å². The Balaban J connectivity index is 2.03. The second kappa shape index (κ2) is 10.3. The molecule has 1 N–H and O–H groups in total. The van der Waals surface area contributed by atoms with Gasteiger partial charge in [-0.3, -0.25) is 15.3 Å². The van der Waals surface area contributed by atoms with Gasteiger partial charge in [-0.2, -0.15) is 0 Å². The number of nitrogens with one attached hydrogen (secondary N) is 1. The molecule has 3 rings (SSSR count). The molecule has 0 saturated carbocycles. The van der Waals surface area contributed by atoms with Crippen molar-refractivity contribution in [2.24, 2.45) is 0 Å². The number of anilines is 3. The summed E-state index contributed by atoms with van der Waals surface area (Å²) in [6, 6.07) is 8.44. The van der Waals surface area contributed by atoms with Crippen molar-refractivity contribution in [2.45, 2.75) is 52.7 Å². The Bertz CT molecular complexity index is 1220. The smallest absolute Gasteiger partial charge is 0.420 e. The van der Waals surface area contributed by atoms with E-state index < -0.39 is 23.4 Å². The van der Waals surface area contributed by atoms with Gasteiger partial charge in [-0.25, -0.2) is 19.5 Å². The summed E-state index contributed by atoms with van der Waals surface area (Å²) in [5.74, 6) is 0.207. The molecule has 0 aliphatic carbocycles. The number of carbonyl (C=O) groups is 2. The van der Waals surface area contributed by atoms with E-state index in [0.29, 0.717) is 27.7 Å². The van der Waals surface area contributed by atoms with Crippen LogP contribution in [-0.2, 0) is 9.47 Å². The summed E-state index contributed by atoms with van der Waals surface area (Å²) in [6.45, 7) is 10.6. The number of halogens is 1. The van der Waals surface area contributed by atoms with Crippen molar-refractivity contribution in [3.63, 3.8) is 0 Å². The molecular formula is C25H28ClN5O4. The summed E-state index contributed by atoms with van der Waals surface area (Å²) in [4.78, 5) is 39.8. The van der Waals surface area contributed by atoms with Gasteiger partial charge in [0.05, 0.1) is 35.7 Å². The van der Waals surface area contributed by atoms with Crippen molar-refractivity contribution in [3.8, 4) is 11.3 Å². The molecule has 0 saturated heterocycles. The van der Waals surface area contributed by atoms with E-state index in [1.807, 2.05) is 0 Å². The van der Waals surface area contributed by atoms with Crippen LogP contribution in [0.5, 0.6) is 0 Å². The van der Waals surface area contributed by atoms with E-state index in [1.165, 1.54) is 23.5 Å². The lowest BCUT2D eigenvalue weighted by Gasteiger charge is -2.27. The molecule has 184 valence electrons. The van der Waals surface area contributed by atoms with Gasteiger partial charge >= 0.3 is 12.2 Å². The van der Waals surface area contributed by atoms with Crippen LogP contribution in [0.15, 0.2) is 55.1 Å². The molecule has 9 nitrogen and oxygen atoms in total. The van der Waals surface area contributed by atoms with Gasteiger partial charge in [0.2, 0.25) is 0 Å². The highest BCUT2D eigenvalue weighted by molar-refractivity contribution is 6.31. The van der Waals surface area contributed by atoms with E-state index in [4.69, 9.17) is 21.1 Å². The predicted molar refractivity (Wildman–Crippen MR) is 135 cm³/mol. The molecule has 0 radical (unpaired) electrons. The summed E-state index contributed by atoms with van der Waals surface area (Å²) in [5.41, 5.74) is 0.354. The fourth-order valence-corrected chi connectivity index (χ4v) is 3.16. The molecule has 0 aliphatic rings. The number of hydrogen-bond donors (Lipinski definition) is 1. The highest BCUT2D eigenvalue weighted by Crippen LogP contribution is 2.31. The van der Waals surface area contributed by atoms with Crippen LogP contribution in [0.1, 0.15) is 41.5 Å². The third-order valence-electron chi connectivity index (χ3n) is 4.23. The molecule has 1 aromatic carbocycles. The zero-order chi connectivity index (χ0) is 25.8. The van der Waals surface area contributed by atoms with Gasteiger partial charge in [0, 0.05) is 16.8 Å². The molecule has 0 fully saturated rings. The van der Waals surface area contributed by atoms with E-state index in [9.17, 15) is 9.59 Å². The molecule has 0 atom stereocenters. The van der Waals surface area contributed by atoms with Crippen molar-refractivity contribution in [1.82, 2.24) is 15.0 Å². The first-order valence-electron chi connectivity index (χ1n) is 10.9. The molecule has 0 unspecified atom stereocenters. The first-order valence-corrected chi connectivity index (χ1v) is 11.3. The molecule has 0 bridgehead atoms. The van der Waals surface area contributed by atoms with Gasteiger partial charge in [-0.1, -0.05) is 17.7 Å². The number of aromatic nitrogens is 3. The van der Waals surface area contributed by atoms with Gasteiger partial charge in [0.1, 0.15) is 11.2 Å². The Labute approximate surface area is 209 Å². The number of hydrogen-bond acceptors (Lipinski definition) is 7. The van der Waals surface area contributed by atoms with Crippen molar-refractivity contribution in [3.05, 3.63) is 60.1 Å². The Morgan fingerprint density at radius 2 is 1.66 bits per heavy atom. The monoisotopic (exact) mass is 497 g/mol. The van der Waals surface area contributed by atoms with Crippen LogP contribution in [0.2, 0.25) is 5.02 Å². The van der Waals surface area contributed by atoms with E-state index in [0.717, 1.165) is 0 Å². The Morgan fingerprint density at radius 3 is 2.31 bits per heavy atom. The molecule has 2 amide bonds. The maximum atomic E-state index is 13.2. The van der Waals surface area contributed by atoms with Crippen molar-refractivity contribution in [2.75, 3.05) is 10.2 Å². The molecular weight excluding hydrogens is 470 g/mol. The second-order valence-electron chi connectivity index (χ2n) is 9.61. The van der Waals surface area contributed by atoms with Crippen LogP contribution < -0.4 is 10.2 Å². The zero-order valence-corrected chi connectivity index (χ0v) is 21.3. The molecule has 2 heterocycles. The third kappa shape index (κ3) is 7.38. The minimum atomic E-state index is -0.742. The third-order valence-corrected chi connectivity index (χ3v) is 4.46. The van der Waals surface area contributed by atoms with E-state index in [-0.39, 0.29) is 5.82 Å². The Hall–Kier alpha value is -3.72. The fourth-order valence-electron chi connectivity index (χ4n) is 2.98. The fraction of sp³-hybridized carbons (Fsp3) is 0.320. The largest absolute Gasteiger partial charge is 0.444 e. The Morgan fingerprint density at radius 1 is 0.943 bits per heavy atom. The van der Waals surface area contributed by atoms with Crippen LogP contribution in [0.25, 0.3) is 11.3 Å². The second-order valence-corrected chi connectivity index (χ2v) is 10.0. The number of carbonyl (C=O) groups excluding carboxylic acids is 2. The van der Waals surface area contributed by atoms with Gasteiger partial charge < -0.3 is 9.47 Å². The lowest BCUT2D eigenvalue weighted by Crippen LogP contribution is -2.34. The summed E-state index contributed by atoms with van der Waals surface area (Å²) in [5, 5.41) is 3.14. The van der Waals surface area contributed by atoms with E-state index in [2.05, 4.69) is 20.3 Å². The van der Waals surface area contributed by atoms with Crippen LogP contribution in [-0.4, -0.2) is 38.3 Å². The summed E-state index contributed by atoms with van der Waals surface area (Å²) >= 11 is 6.18.